The number of carbonyl (C=O) groups is 1. The average molecular weight is 247 g/mol. The second kappa shape index (κ2) is 4.88. The normalized spacial score (nSPS) is 22.7. The third-order valence-corrected chi connectivity index (χ3v) is 3.45. The van der Waals surface area contributed by atoms with E-state index in [-0.39, 0.29) is 5.91 Å². The highest BCUT2D eigenvalue weighted by molar-refractivity contribution is 5.82. The zero-order valence-corrected chi connectivity index (χ0v) is 10.3. The molecule has 18 heavy (non-hydrogen) atoms. The Kier molecular flexibility index (Phi) is 3.09. The molecule has 0 N–H and O–H groups in total. The van der Waals surface area contributed by atoms with Crippen molar-refractivity contribution in [3.05, 3.63) is 24.3 Å². The van der Waals surface area contributed by atoms with Gasteiger partial charge in [-0.3, -0.25) is 4.79 Å². The monoisotopic (exact) mass is 247 g/mol. The maximum atomic E-state index is 12.3. The molecule has 2 aliphatic heterocycles. The number of hydrogen-bond acceptors (Lipinski definition) is 3. The predicted molar refractivity (Wildman–Crippen MR) is 66.8 cm³/mol. The first-order valence-corrected chi connectivity index (χ1v) is 6.52. The van der Waals surface area contributed by atoms with Crippen LogP contribution < -0.4 is 9.47 Å². The van der Waals surface area contributed by atoms with Crippen LogP contribution in [-0.4, -0.2) is 36.6 Å². The molecule has 0 bridgehead atoms. The lowest BCUT2D eigenvalue weighted by atomic mass is 10.1. The summed E-state index contributed by atoms with van der Waals surface area (Å²) in [5.74, 6) is 1.45. The number of nitrogens with zero attached hydrogens (tertiary/aromatic N) is 1. The Balaban J connectivity index is 1.69. The minimum absolute atomic E-state index is 0.0594. The number of fused-ring (bicyclic) bond motifs is 1. The van der Waals surface area contributed by atoms with Crippen LogP contribution in [0, 0.1) is 0 Å². The highest BCUT2D eigenvalue weighted by Crippen LogP contribution is 2.31. The maximum absolute atomic E-state index is 12.3. The van der Waals surface area contributed by atoms with Crippen molar-refractivity contribution in [3.63, 3.8) is 0 Å². The topological polar surface area (TPSA) is 38.8 Å². The van der Waals surface area contributed by atoms with Gasteiger partial charge in [-0.25, -0.2) is 0 Å². The van der Waals surface area contributed by atoms with Crippen molar-refractivity contribution in [2.45, 2.75) is 25.4 Å². The van der Waals surface area contributed by atoms with Crippen molar-refractivity contribution in [1.82, 2.24) is 4.90 Å². The fraction of sp³-hybridized carbons (Fsp3) is 0.500. The van der Waals surface area contributed by atoms with Crippen LogP contribution in [-0.2, 0) is 4.79 Å². The highest BCUT2D eigenvalue weighted by Gasteiger charge is 2.31. The van der Waals surface area contributed by atoms with E-state index < -0.39 is 6.10 Å². The Morgan fingerprint density at radius 3 is 2.61 bits per heavy atom. The van der Waals surface area contributed by atoms with Crippen LogP contribution in [0.5, 0.6) is 11.5 Å². The standard InChI is InChI=1S/C14H17NO3/c16-14(15-8-4-1-5-9-15)13-10-17-11-6-2-3-7-12(11)18-13/h2-3,6-7,13H,1,4-5,8-10H2/t13-/m1/s1. The van der Waals surface area contributed by atoms with Crippen molar-refractivity contribution in [2.75, 3.05) is 19.7 Å². The third kappa shape index (κ3) is 2.15. The molecule has 1 aromatic carbocycles. The van der Waals surface area contributed by atoms with Gasteiger partial charge in [0.25, 0.3) is 5.91 Å². The van der Waals surface area contributed by atoms with E-state index in [9.17, 15) is 4.79 Å². The summed E-state index contributed by atoms with van der Waals surface area (Å²) in [4.78, 5) is 14.2. The van der Waals surface area contributed by atoms with Crippen LogP contribution in [0.4, 0.5) is 0 Å². The van der Waals surface area contributed by atoms with Crippen LogP contribution in [0.1, 0.15) is 19.3 Å². The number of ether oxygens (including phenoxy) is 2. The first-order chi connectivity index (χ1) is 8.84. The summed E-state index contributed by atoms with van der Waals surface area (Å²) in [5.41, 5.74) is 0. The van der Waals surface area contributed by atoms with Gasteiger partial charge in [0, 0.05) is 13.1 Å². The van der Waals surface area contributed by atoms with Crippen molar-refractivity contribution in [2.24, 2.45) is 0 Å². The van der Waals surface area contributed by atoms with Crippen LogP contribution in [0.15, 0.2) is 24.3 Å². The molecule has 2 heterocycles. The zero-order chi connectivity index (χ0) is 12.4. The minimum atomic E-state index is -0.488. The van der Waals surface area contributed by atoms with Gasteiger partial charge < -0.3 is 14.4 Å². The number of para-hydroxylation sites is 2. The number of hydrogen-bond donors (Lipinski definition) is 0. The summed E-state index contributed by atoms with van der Waals surface area (Å²) in [5, 5.41) is 0. The molecule has 96 valence electrons. The fourth-order valence-corrected chi connectivity index (χ4v) is 2.46. The van der Waals surface area contributed by atoms with Crippen molar-refractivity contribution in [3.8, 4) is 11.5 Å². The molecule has 1 amide bonds. The molecule has 1 saturated heterocycles. The van der Waals surface area contributed by atoms with Crippen molar-refractivity contribution < 1.29 is 14.3 Å². The molecule has 0 saturated carbocycles. The van der Waals surface area contributed by atoms with Gasteiger partial charge in [0.15, 0.2) is 11.5 Å². The summed E-state index contributed by atoms with van der Waals surface area (Å²) in [7, 11) is 0. The molecule has 0 aliphatic carbocycles. The summed E-state index contributed by atoms with van der Waals surface area (Å²) < 4.78 is 11.3. The second-order valence-corrected chi connectivity index (χ2v) is 4.75. The van der Waals surface area contributed by atoms with E-state index in [1.807, 2.05) is 29.2 Å². The van der Waals surface area contributed by atoms with E-state index in [4.69, 9.17) is 9.47 Å². The lowest BCUT2D eigenvalue weighted by Gasteiger charge is -2.32. The first-order valence-electron chi connectivity index (χ1n) is 6.52. The molecular formula is C14H17NO3. The van der Waals surface area contributed by atoms with E-state index in [2.05, 4.69) is 0 Å². The van der Waals surface area contributed by atoms with Gasteiger partial charge in [0.1, 0.15) is 6.61 Å². The molecule has 1 atom stereocenters. The Morgan fingerprint density at radius 2 is 1.83 bits per heavy atom. The minimum Gasteiger partial charge on any atom is -0.485 e. The van der Waals surface area contributed by atoms with Gasteiger partial charge >= 0.3 is 0 Å². The summed E-state index contributed by atoms with van der Waals surface area (Å²) in [6, 6.07) is 7.48. The largest absolute Gasteiger partial charge is 0.485 e. The van der Waals surface area contributed by atoms with Gasteiger partial charge in [0.05, 0.1) is 0 Å². The Labute approximate surface area is 106 Å². The van der Waals surface area contributed by atoms with Gasteiger partial charge in [0.2, 0.25) is 6.10 Å². The predicted octanol–water partition coefficient (Wildman–Crippen LogP) is 1.84. The van der Waals surface area contributed by atoms with E-state index in [1.165, 1.54) is 6.42 Å². The van der Waals surface area contributed by atoms with Crippen LogP contribution in [0.2, 0.25) is 0 Å². The summed E-state index contributed by atoms with van der Waals surface area (Å²) in [6.07, 6.45) is 2.92. The maximum Gasteiger partial charge on any atom is 0.267 e. The third-order valence-electron chi connectivity index (χ3n) is 3.45. The molecule has 4 heteroatoms. The van der Waals surface area contributed by atoms with Crippen LogP contribution >= 0.6 is 0 Å². The number of piperidine rings is 1. The summed E-state index contributed by atoms with van der Waals surface area (Å²) >= 11 is 0. The van der Waals surface area contributed by atoms with Gasteiger partial charge in [-0.2, -0.15) is 0 Å². The highest BCUT2D eigenvalue weighted by atomic mass is 16.6. The molecule has 0 unspecified atom stereocenters. The second-order valence-electron chi connectivity index (χ2n) is 4.75. The van der Waals surface area contributed by atoms with Gasteiger partial charge in [-0.15, -0.1) is 0 Å². The zero-order valence-electron chi connectivity index (χ0n) is 10.3. The number of benzene rings is 1. The average Bonchev–Trinajstić information content (AvgIpc) is 2.47. The molecule has 3 rings (SSSR count). The lowest BCUT2D eigenvalue weighted by Crippen LogP contribution is -2.48. The van der Waals surface area contributed by atoms with Crippen LogP contribution in [0.3, 0.4) is 0 Å². The first kappa shape index (κ1) is 11.4. The molecule has 4 nitrogen and oxygen atoms in total. The molecule has 1 fully saturated rings. The smallest absolute Gasteiger partial charge is 0.267 e. The molecule has 0 spiro atoms. The van der Waals surface area contributed by atoms with Crippen LogP contribution in [0.25, 0.3) is 0 Å². The van der Waals surface area contributed by atoms with Gasteiger partial charge in [-0.05, 0) is 31.4 Å². The van der Waals surface area contributed by atoms with Gasteiger partial charge in [-0.1, -0.05) is 12.1 Å². The van der Waals surface area contributed by atoms with E-state index in [0.717, 1.165) is 31.7 Å². The molecule has 0 radical (unpaired) electrons. The van der Waals surface area contributed by atoms with E-state index >= 15 is 0 Å². The quantitative estimate of drug-likeness (QED) is 0.760. The lowest BCUT2D eigenvalue weighted by molar-refractivity contribution is -0.142. The van der Waals surface area contributed by atoms with E-state index in [0.29, 0.717) is 12.4 Å². The Bertz CT molecular complexity index is 440. The Morgan fingerprint density at radius 1 is 1.11 bits per heavy atom. The van der Waals surface area contributed by atoms with Crippen molar-refractivity contribution in [1.29, 1.82) is 0 Å². The number of carbonyl (C=O) groups excluding carboxylic acids is 1. The number of amides is 1. The molecule has 0 aromatic heterocycles. The summed E-state index contributed by atoms with van der Waals surface area (Å²) in [6.45, 7) is 2.01. The fourth-order valence-electron chi connectivity index (χ4n) is 2.46. The SMILES string of the molecule is O=C([C@H]1COc2ccccc2O1)N1CCCCC1. The number of likely N-dealkylation sites (tertiary alicyclic amines) is 1. The Hall–Kier alpha value is -1.71. The van der Waals surface area contributed by atoms with E-state index in [1.54, 1.807) is 0 Å². The molecule has 1 aromatic rings. The number of rotatable bonds is 1. The molecular weight excluding hydrogens is 230 g/mol. The van der Waals surface area contributed by atoms with Crippen molar-refractivity contribution >= 4 is 5.91 Å². The molecule has 2 aliphatic rings.